The highest BCUT2D eigenvalue weighted by molar-refractivity contribution is 6.30. The summed E-state index contributed by atoms with van der Waals surface area (Å²) in [5.74, 6) is -0.869. The minimum absolute atomic E-state index is 0.000145. The number of alkyl halides is 3. The average molecular weight is 471 g/mol. The van der Waals surface area contributed by atoms with Gasteiger partial charge in [-0.3, -0.25) is 4.79 Å². The first kappa shape index (κ1) is 23.8. The van der Waals surface area contributed by atoms with Crippen molar-refractivity contribution in [2.45, 2.75) is 50.9 Å². The number of carbonyl (C=O) groups is 1. The smallest absolute Gasteiger partial charge is 0.425 e. The fourth-order valence-corrected chi connectivity index (χ4v) is 3.34. The predicted octanol–water partition coefficient (Wildman–Crippen LogP) is 4.80. The Balaban J connectivity index is 1.91. The van der Waals surface area contributed by atoms with Gasteiger partial charge in [-0.25, -0.2) is 9.97 Å². The van der Waals surface area contributed by atoms with Crippen LogP contribution in [0.25, 0.3) is 11.3 Å². The third kappa shape index (κ3) is 5.87. The molecule has 1 amide bonds. The first-order valence-corrected chi connectivity index (χ1v) is 10.3. The van der Waals surface area contributed by atoms with Gasteiger partial charge in [0.2, 0.25) is 5.88 Å². The normalized spacial score (nSPS) is 18.8. The monoisotopic (exact) mass is 470 g/mol. The number of oxime groups is 1. The van der Waals surface area contributed by atoms with Crippen LogP contribution in [0.3, 0.4) is 0 Å². The first-order chi connectivity index (χ1) is 15.2. The van der Waals surface area contributed by atoms with Gasteiger partial charge < -0.3 is 14.9 Å². The number of nitrogens with zero attached hydrogens (tertiary/aromatic N) is 3. The van der Waals surface area contributed by atoms with E-state index in [0.29, 0.717) is 23.4 Å². The van der Waals surface area contributed by atoms with E-state index >= 15 is 0 Å². The topological polar surface area (TPSA) is 85.7 Å². The molecule has 0 radical (unpaired) electrons. The molecule has 32 heavy (non-hydrogen) atoms. The molecule has 0 bridgehead atoms. The number of hydrogen-bond acceptors (Lipinski definition) is 6. The predicted molar refractivity (Wildman–Crippen MR) is 113 cm³/mol. The number of hydrogen-bond donors (Lipinski definition) is 1. The van der Waals surface area contributed by atoms with Crippen LogP contribution in [0.5, 0.6) is 5.88 Å². The molecule has 2 atom stereocenters. The molecule has 7 nitrogen and oxygen atoms in total. The second-order valence-corrected chi connectivity index (χ2v) is 7.69. The lowest BCUT2D eigenvalue weighted by Crippen LogP contribution is -2.43. The summed E-state index contributed by atoms with van der Waals surface area (Å²) in [6, 6.07) is 5.90. The molecule has 1 aliphatic carbocycles. The van der Waals surface area contributed by atoms with E-state index in [9.17, 15) is 18.0 Å². The van der Waals surface area contributed by atoms with Crippen molar-refractivity contribution in [3.05, 3.63) is 41.2 Å². The standard InChI is InChI=1S/C21H22ClF3N4O3/c1-12(21(23,24)25)32-20-18(13-7-9-14(22)10-8-13)27-17(11-26-20)19(30)28-15-5-3-4-6-16(15)29-31-2/h7-12,15H,3-6H2,1-2H3,(H,28,30)/t12?,15-/m0/s1. The highest BCUT2D eigenvalue weighted by Crippen LogP contribution is 2.31. The van der Waals surface area contributed by atoms with Crippen LogP contribution in [0.1, 0.15) is 43.1 Å². The molecule has 3 rings (SSSR count). The van der Waals surface area contributed by atoms with Gasteiger partial charge in [-0.1, -0.05) is 35.3 Å². The van der Waals surface area contributed by atoms with E-state index in [-0.39, 0.29) is 23.3 Å². The molecule has 1 N–H and O–H groups in total. The Morgan fingerprint density at radius 1 is 1.28 bits per heavy atom. The van der Waals surface area contributed by atoms with Crippen molar-refractivity contribution in [3.63, 3.8) is 0 Å². The fourth-order valence-electron chi connectivity index (χ4n) is 3.21. The van der Waals surface area contributed by atoms with Crippen LogP contribution in [0, 0.1) is 0 Å². The molecule has 1 fully saturated rings. The SMILES string of the molecule is CON=C1CCCC[C@@H]1NC(=O)c1cnc(OC(C)C(F)(F)F)c(-c2ccc(Cl)cc2)n1. The summed E-state index contributed by atoms with van der Waals surface area (Å²) < 4.78 is 44.1. The second-order valence-electron chi connectivity index (χ2n) is 7.25. The molecule has 1 aromatic heterocycles. The minimum atomic E-state index is -4.59. The van der Waals surface area contributed by atoms with E-state index < -0.39 is 18.2 Å². The maximum absolute atomic E-state index is 13.0. The average Bonchev–Trinajstić information content (AvgIpc) is 2.75. The van der Waals surface area contributed by atoms with Gasteiger partial charge in [0.15, 0.2) is 6.10 Å². The van der Waals surface area contributed by atoms with Gasteiger partial charge >= 0.3 is 6.18 Å². The summed E-state index contributed by atoms with van der Waals surface area (Å²) in [4.78, 5) is 25.9. The number of halogens is 4. The Bertz CT molecular complexity index is 983. The Labute approximate surface area is 188 Å². The number of benzene rings is 1. The molecule has 11 heteroatoms. The summed E-state index contributed by atoms with van der Waals surface area (Å²) in [5.41, 5.74) is 1.06. The number of amides is 1. The fraction of sp³-hybridized carbons (Fsp3) is 0.429. The van der Waals surface area contributed by atoms with E-state index in [0.717, 1.165) is 31.7 Å². The van der Waals surface area contributed by atoms with Crippen LogP contribution >= 0.6 is 11.6 Å². The molecule has 0 saturated heterocycles. The highest BCUT2D eigenvalue weighted by Gasteiger charge is 2.39. The molecule has 1 saturated carbocycles. The molecule has 1 aromatic carbocycles. The van der Waals surface area contributed by atoms with E-state index in [1.54, 1.807) is 24.3 Å². The Hall–Kier alpha value is -2.88. The molecule has 172 valence electrons. The summed E-state index contributed by atoms with van der Waals surface area (Å²) >= 11 is 5.91. The molecule has 1 aliphatic rings. The lowest BCUT2D eigenvalue weighted by molar-refractivity contribution is -0.189. The molecule has 0 spiro atoms. The number of aromatic nitrogens is 2. The molecule has 1 unspecified atom stereocenters. The summed E-state index contributed by atoms with van der Waals surface area (Å²) in [7, 11) is 1.44. The van der Waals surface area contributed by atoms with E-state index in [2.05, 4.69) is 20.4 Å². The summed E-state index contributed by atoms with van der Waals surface area (Å²) in [5, 5.41) is 7.26. The molecule has 2 aromatic rings. The largest absolute Gasteiger partial charge is 0.463 e. The third-order valence-electron chi connectivity index (χ3n) is 4.93. The Kier molecular flexibility index (Phi) is 7.55. The lowest BCUT2D eigenvalue weighted by Gasteiger charge is -2.24. The van der Waals surface area contributed by atoms with Crippen LogP contribution in [0.15, 0.2) is 35.6 Å². The van der Waals surface area contributed by atoms with Gasteiger partial charge in [-0.05, 0) is 38.3 Å². The molecule has 0 aliphatic heterocycles. The molecular weight excluding hydrogens is 449 g/mol. The van der Waals surface area contributed by atoms with Gasteiger partial charge in [-0.15, -0.1) is 0 Å². The molecular formula is C21H22ClF3N4O3. The number of nitrogens with one attached hydrogen (secondary N) is 1. The van der Waals surface area contributed by atoms with Crippen LogP contribution in [-0.4, -0.2) is 47.0 Å². The summed E-state index contributed by atoms with van der Waals surface area (Å²) in [6.07, 6.45) is -2.37. The van der Waals surface area contributed by atoms with Crippen molar-refractivity contribution in [1.82, 2.24) is 15.3 Å². The van der Waals surface area contributed by atoms with Crippen molar-refractivity contribution >= 4 is 23.2 Å². The highest BCUT2D eigenvalue weighted by atomic mass is 35.5. The second kappa shape index (κ2) is 10.2. The third-order valence-corrected chi connectivity index (χ3v) is 5.18. The lowest BCUT2D eigenvalue weighted by atomic mass is 9.93. The van der Waals surface area contributed by atoms with Crippen molar-refractivity contribution in [2.24, 2.45) is 5.16 Å². The van der Waals surface area contributed by atoms with Crippen LogP contribution in [0.4, 0.5) is 13.2 Å². The zero-order chi connectivity index (χ0) is 23.3. The van der Waals surface area contributed by atoms with Crippen molar-refractivity contribution in [2.75, 3.05) is 7.11 Å². The van der Waals surface area contributed by atoms with Gasteiger partial charge in [0, 0.05) is 10.6 Å². The van der Waals surface area contributed by atoms with Crippen molar-refractivity contribution in [1.29, 1.82) is 0 Å². The Morgan fingerprint density at radius 2 is 2.00 bits per heavy atom. The van der Waals surface area contributed by atoms with E-state index in [1.807, 2.05) is 0 Å². The quantitative estimate of drug-likeness (QED) is 0.613. The minimum Gasteiger partial charge on any atom is -0.463 e. The number of rotatable bonds is 6. The molecule has 1 heterocycles. The zero-order valence-electron chi connectivity index (χ0n) is 17.4. The maximum atomic E-state index is 13.0. The summed E-state index contributed by atoms with van der Waals surface area (Å²) in [6.45, 7) is 0.869. The van der Waals surface area contributed by atoms with Gasteiger partial charge in [0.25, 0.3) is 5.91 Å². The number of ether oxygens (including phenoxy) is 1. The van der Waals surface area contributed by atoms with Crippen LogP contribution < -0.4 is 10.1 Å². The van der Waals surface area contributed by atoms with Gasteiger partial charge in [0.05, 0.1) is 18.0 Å². The van der Waals surface area contributed by atoms with E-state index in [1.165, 1.54) is 7.11 Å². The van der Waals surface area contributed by atoms with Crippen LogP contribution in [0.2, 0.25) is 5.02 Å². The van der Waals surface area contributed by atoms with Gasteiger partial charge in [-0.2, -0.15) is 13.2 Å². The maximum Gasteiger partial charge on any atom is 0.425 e. The van der Waals surface area contributed by atoms with Crippen molar-refractivity contribution < 1.29 is 27.5 Å². The van der Waals surface area contributed by atoms with Crippen LogP contribution in [-0.2, 0) is 4.84 Å². The Morgan fingerprint density at radius 3 is 2.66 bits per heavy atom. The zero-order valence-corrected chi connectivity index (χ0v) is 18.2. The van der Waals surface area contributed by atoms with Gasteiger partial charge in [0.1, 0.15) is 18.5 Å². The van der Waals surface area contributed by atoms with E-state index in [4.69, 9.17) is 21.2 Å². The van der Waals surface area contributed by atoms with Crippen molar-refractivity contribution in [3.8, 4) is 17.1 Å². The first-order valence-electron chi connectivity index (χ1n) is 9.96. The number of carbonyl (C=O) groups excluding carboxylic acids is 1.